The maximum Gasteiger partial charge on any atom is 0.472 e. The van der Waals surface area contributed by atoms with Crippen molar-refractivity contribution >= 4 is 39.5 Å². The van der Waals surface area contributed by atoms with Crippen molar-refractivity contribution in [3.05, 3.63) is 170 Å². The number of aliphatic hydroxyl groups excluding tert-OH is 1. The van der Waals surface area contributed by atoms with E-state index in [9.17, 15) is 43.2 Å². The largest absolute Gasteiger partial charge is 0.472 e. The number of ether oxygens (including phenoxy) is 4. The Labute approximate surface area is 616 Å². The molecule has 0 aromatic heterocycles. The molecule has 0 heterocycles. The van der Waals surface area contributed by atoms with Gasteiger partial charge in [-0.05, 0) is 148 Å². The molecule has 102 heavy (non-hydrogen) atoms. The van der Waals surface area contributed by atoms with Gasteiger partial charge < -0.3 is 33.8 Å². The number of aliphatic hydroxyl groups is 1. The summed E-state index contributed by atoms with van der Waals surface area (Å²) in [6.07, 6.45) is 86.6. The van der Waals surface area contributed by atoms with E-state index < -0.39 is 97.5 Å². The topological polar surface area (TPSA) is 237 Å². The quantitative estimate of drug-likeness (QED) is 0.0169. The lowest BCUT2D eigenvalue weighted by molar-refractivity contribution is -0.161. The molecule has 0 fully saturated rings. The highest BCUT2D eigenvalue weighted by Gasteiger charge is 2.30. The van der Waals surface area contributed by atoms with Gasteiger partial charge in [-0.15, -0.1) is 0 Å². The van der Waals surface area contributed by atoms with Gasteiger partial charge in [-0.25, -0.2) is 9.13 Å². The average Bonchev–Trinajstić information content (AvgIpc) is 0.919. The lowest BCUT2D eigenvalue weighted by Gasteiger charge is -2.21. The number of esters is 4. The van der Waals surface area contributed by atoms with Gasteiger partial charge in [0.1, 0.15) is 19.3 Å². The molecule has 0 rings (SSSR count). The van der Waals surface area contributed by atoms with Crippen LogP contribution in [0.3, 0.4) is 0 Å². The minimum atomic E-state index is -5.01. The molecule has 5 atom stereocenters. The zero-order valence-corrected chi connectivity index (χ0v) is 64.8. The molecule has 17 nitrogen and oxygen atoms in total. The first-order chi connectivity index (χ1) is 49.7. The normalized spacial score (nSPS) is 14.9. The standard InChI is InChI=1S/C83H134O17P2/c1-5-9-13-17-21-25-29-33-36-37-38-39-42-45-48-52-56-60-64-68-81(86)94-73-78(99-82(87)69-65-61-57-53-49-43-32-28-24-20-16-12-8-4)75-97-101(89,90)95-71-77(84)72-96-102(91,92)98-76-79(100-83(88)70-66-62-58-54-50-46-41-35-31-27-23-19-15-11-7-3)74-93-80(85)67-63-59-55-51-47-44-40-34-30-26-22-18-14-10-6-2/h9-11,13-16,20-23,25-28,32-36,38-41,47,51,59,63,77-79,84H,5-8,12,17-19,24,29-31,37,42-46,48-50,52-58,60-62,64-76H2,1-4H3,(H,89,90)(H,91,92)/b13-9-,14-10-,15-11-,20-16-,25-21-,26-22-,27-23-,32-28-,36-33-,39-38-,40-34-,41-35-,51-47-,63-59-. The molecule has 0 saturated heterocycles. The van der Waals surface area contributed by atoms with Crippen LogP contribution in [0.1, 0.15) is 272 Å². The fourth-order valence-electron chi connectivity index (χ4n) is 9.45. The second-order valence-corrected chi connectivity index (χ2v) is 27.7. The molecule has 0 bridgehead atoms. The summed E-state index contributed by atoms with van der Waals surface area (Å²) in [5.74, 6) is -2.39. The zero-order valence-electron chi connectivity index (χ0n) is 63.0. The maximum absolute atomic E-state index is 13.1. The Bertz CT molecular complexity index is 2600. The van der Waals surface area contributed by atoms with Crippen molar-refractivity contribution in [1.29, 1.82) is 0 Å². The third-order valence-electron chi connectivity index (χ3n) is 15.2. The first-order valence-electron chi connectivity index (χ1n) is 38.4. The summed E-state index contributed by atoms with van der Waals surface area (Å²) in [4.78, 5) is 72.8. The van der Waals surface area contributed by atoms with E-state index in [0.717, 1.165) is 193 Å². The zero-order chi connectivity index (χ0) is 74.6. The molecule has 3 N–H and O–H groups in total. The van der Waals surface area contributed by atoms with Crippen LogP contribution in [-0.2, 0) is 65.4 Å². The molecule has 5 unspecified atom stereocenters. The lowest BCUT2D eigenvalue weighted by Crippen LogP contribution is -2.30. The molecular formula is C83H134O17P2. The van der Waals surface area contributed by atoms with E-state index in [1.54, 1.807) is 6.08 Å². The second-order valence-electron chi connectivity index (χ2n) is 24.8. The Hall–Kier alpha value is -5.58. The molecule has 0 aromatic rings. The number of hydrogen-bond donors (Lipinski definition) is 3. The van der Waals surface area contributed by atoms with Gasteiger partial charge in [-0.2, -0.15) is 0 Å². The van der Waals surface area contributed by atoms with E-state index in [1.807, 2.05) is 18.2 Å². The molecule has 0 radical (unpaired) electrons. The van der Waals surface area contributed by atoms with Gasteiger partial charge in [0.15, 0.2) is 12.2 Å². The Morgan fingerprint density at radius 2 is 0.549 bits per heavy atom. The maximum atomic E-state index is 13.1. The van der Waals surface area contributed by atoms with Gasteiger partial charge in [0.05, 0.1) is 32.8 Å². The number of phosphoric acid groups is 2. The van der Waals surface area contributed by atoms with Gasteiger partial charge in [-0.1, -0.05) is 268 Å². The minimum Gasteiger partial charge on any atom is -0.462 e. The molecule has 19 heteroatoms. The first kappa shape index (κ1) is 96.4. The molecule has 0 aliphatic carbocycles. The molecule has 0 spiro atoms. The monoisotopic (exact) mass is 1460 g/mol. The number of unbranched alkanes of at least 4 members (excludes halogenated alkanes) is 17. The lowest BCUT2D eigenvalue weighted by atomic mass is 10.1. The highest BCUT2D eigenvalue weighted by molar-refractivity contribution is 7.47. The highest BCUT2D eigenvalue weighted by atomic mass is 31.2. The SMILES string of the molecule is CC/C=C\C/C=C\C/C=C\C/C=C\C/C=C\CC(=O)OCC(COP(=O)(O)OCC(O)COP(=O)(O)OCC(COC(=O)CCCCCCCC/C=C\C/C=C\C/C=C\C/C=C\CC)OC(=O)CCCCCCC/C=C\C/C=C\CCC)OC(=O)CCCCCCC/C=C\C/C=C\C/C=C\CC. The molecular weight excluding hydrogens is 1330 g/mol. The van der Waals surface area contributed by atoms with Gasteiger partial charge in [0, 0.05) is 19.3 Å². The molecule has 0 saturated carbocycles. The van der Waals surface area contributed by atoms with Crippen molar-refractivity contribution in [1.82, 2.24) is 0 Å². The summed E-state index contributed by atoms with van der Waals surface area (Å²) in [6.45, 7) is 4.27. The Kier molecular flexibility index (Phi) is 69.7. The average molecular weight is 1470 g/mol. The van der Waals surface area contributed by atoms with E-state index in [-0.39, 0.29) is 25.7 Å². The molecule has 0 aliphatic heterocycles. The number of rotatable bonds is 70. The Balaban J connectivity index is 5.45. The minimum absolute atomic E-state index is 0.0497. The third kappa shape index (κ3) is 72.8. The third-order valence-corrected chi connectivity index (χ3v) is 17.1. The summed E-state index contributed by atoms with van der Waals surface area (Å²) in [6, 6.07) is 0. The fourth-order valence-corrected chi connectivity index (χ4v) is 11.0. The van der Waals surface area contributed by atoms with Crippen molar-refractivity contribution in [3.63, 3.8) is 0 Å². The van der Waals surface area contributed by atoms with Gasteiger partial charge in [-0.3, -0.25) is 37.3 Å². The molecule has 578 valence electrons. The van der Waals surface area contributed by atoms with Crippen molar-refractivity contribution in [2.45, 2.75) is 290 Å². The van der Waals surface area contributed by atoms with Crippen LogP contribution in [0.15, 0.2) is 170 Å². The van der Waals surface area contributed by atoms with E-state index >= 15 is 0 Å². The molecule has 0 aromatic carbocycles. The number of carbonyl (C=O) groups is 4. The number of phosphoric ester groups is 2. The van der Waals surface area contributed by atoms with Gasteiger partial charge in [0.25, 0.3) is 0 Å². The van der Waals surface area contributed by atoms with E-state index in [2.05, 4.69) is 174 Å². The van der Waals surface area contributed by atoms with Crippen molar-refractivity contribution < 1.29 is 80.2 Å². The van der Waals surface area contributed by atoms with E-state index in [1.165, 1.54) is 0 Å². The van der Waals surface area contributed by atoms with Crippen molar-refractivity contribution in [2.24, 2.45) is 0 Å². The summed E-state index contributed by atoms with van der Waals surface area (Å²) >= 11 is 0. The summed E-state index contributed by atoms with van der Waals surface area (Å²) < 4.78 is 68.3. The van der Waals surface area contributed by atoms with Crippen molar-refractivity contribution in [3.8, 4) is 0 Å². The van der Waals surface area contributed by atoms with E-state index in [0.29, 0.717) is 25.7 Å². The van der Waals surface area contributed by atoms with E-state index in [4.69, 9.17) is 37.0 Å². The Morgan fingerprint density at radius 3 is 0.873 bits per heavy atom. The van der Waals surface area contributed by atoms with Crippen LogP contribution in [0.4, 0.5) is 0 Å². The highest BCUT2D eigenvalue weighted by Crippen LogP contribution is 2.45. The summed E-state index contributed by atoms with van der Waals surface area (Å²) in [5, 5.41) is 10.6. The summed E-state index contributed by atoms with van der Waals surface area (Å²) in [5.41, 5.74) is 0. The Morgan fingerprint density at radius 1 is 0.294 bits per heavy atom. The van der Waals surface area contributed by atoms with Crippen molar-refractivity contribution in [2.75, 3.05) is 39.6 Å². The van der Waals surface area contributed by atoms with Crippen LogP contribution >= 0.6 is 15.6 Å². The molecule has 0 amide bonds. The predicted octanol–water partition coefficient (Wildman–Crippen LogP) is 22.2. The van der Waals surface area contributed by atoms with Gasteiger partial charge >= 0.3 is 39.5 Å². The number of allylic oxidation sites excluding steroid dienone is 27. The first-order valence-corrected chi connectivity index (χ1v) is 41.4. The van der Waals surface area contributed by atoms with Crippen LogP contribution in [-0.4, -0.2) is 96.7 Å². The summed E-state index contributed by atoms with van der Waals surface area (Å²) in [7, 11) is -10.0. The van der Waals surface area contributed by atoms with Crippen LogP contribution in [0.25, 0.3) is 0 Å². The second kappa shape index (κ2) is 73.7. The van der Waals surface area contributed by atoms with Crippen LogP contribution in [0.2, 0.25) is 0 Å². The van der Waals surface area contributed by atoms with Gasteiger partial charge in [0.2, 0.25) is 0 Å². The number of carbonyl (C=O) groups excluding carboxylic acids is 4. The van der Waals surface area contributed by atoms with Crippen LogP contribution in [0.5, 0.6) is 0 Å². The van der Waals surface area contributed by atoms with Crippen LogP contribution in [0, 0.1) is 0 Å². The predicted molar refractivity (Wildman–Crippen MR) is 417 cm³/mol. The number of hydrogen-bond acceptors (Lipinski definition) is 15. The smallest absolute Gasteiger partial charge is 0.462 e. The fraction of sp³-hybridized carbons (Fsp3) is 0.614. The molecule has 0 aliphatic rings. The van der Waals surface area contributed by atoms with Crippen LogP contribution < -0.4 is 0 Å².